The summed E-state index contributed by atoms with van der Waals surface area (Å²) in [5, 5.41) is 5.37. The molecule has 0 saturated heterocycles. The number of hydrogen-bond acceptors (Lipinski definition) is 6. The van der Waals surface area contributed by atoms with Gasteiger partial charge in [0.2, 0.25) is 0 Å². The van der Waals surface area contributed by atoms with Crippen molar-refractivity contribution < 1.29 is 4.79 Å². The third-order valence-corrected chi connectivity index (χ3v) is 7.47. The largest absolute Gasteiger partial charge is 0.294 e. The first-order valence-electron chi connectivity index (χ1n) is 9.57. The average molecular weight is 453 g/mol. The summed E-state index contributed by atoms with van der Waals surface area (Å²) in [6, 6.07) is 13.3. The van der Waals surface area contributed by atoms with E-state index in [2.05, 4.69) is 6.58 Å². The van der Waals surface area contributed by atoms with Crippen molar-refractivity contribution in [2.75, 3.05) is 5.75 Å². The molecule has 0 aliphatic rings. The number of carbonyl (C=O) groups excluding carboxylic acids is 1. The molecule has 30 heavy (non-hydrogen) atoms. The monoisotopic (exact) mass is 452 g/mol. The highest BCUT2D eigenvalue weighted by atomic mass is 32.2. The Balaban J connectivity index is 1.53. The summed E-state index contributed by atoms with van der Waals surface area (Å²) in [6.07, 6.45) is 2.92. The zero-order chi connectivity index (χ0) is 20.9. The predicted molar refractivity (Wildman–Crippen MR) is 128 cm³/mol. The fourth-order valence-corrected chi connectivity index (χ4v) is 5.93. The van der Waals surface area contributed by atoms with E-state index in [9.17, 15) is 9.59 Å². The van der Waals surface area contributed by atoms with Crippen LogP contribution in [-0.2, 0) is 6.54 Å². The molecule has 0 aliphatic carbocycles. The van der Waals surface area contributed by atoms with E-state index in [1.165, 1.54) is 23.1 Å². The molecular weight excluding hydrogens is 432 g/mol. The first kappa shape index (κ1) is 20.8. The molecule has 0 amide bonds. The summed E-state index contributed by atoms with van der Waals surface area (Å²) in [5.41, 5.74) is 1.66. The molecule has 3 aromatic heterocycles. The van der Waals surface area contributed by atoms with Crippen LogP contribution in [0.2, 0.25) is 0 Å². The van der Waals surface area contributed by atoms with Crippen LogP contribution >= 0.6 is 34.4 Å². The summed E-state index contributed by atoms with van der Waals surface area (Å²) >= 11 is 4.64. The molecule has 4 nitrogen and oxygen atoms in total. The van der Waals surface area contributed by atoms with Crippen LogP contribution in [0.4, 0.5) is 0 Å². The van der Waals surface area contributed by atoms with Crippen LogP contribution in [0.25, 0.3) is 20.7 Å². The molecule has 0 saturated carbocycles. The molecule has 3 heterocycles. The molecule has 1 aromatic carbocycles. The Labute approximate surface area is 186 Å². The lowest BCUT2D eigenvalue weighted by Crippen LogP contribution is -2.22. The van der Waals surface area contributed by atoms with Crippen LogP contribution in [0.15, 0.2) is 75.8 Å². The fraction of sp³-hybridized carbons (Fsp3) is 0.174. The van der Waals surface area contributed by atoms with Gasteiger partial charge < -0.3 is 0 Å². The third kappa shape index (κ3) is 4.33. The van der Waals surface area contributed by atoms with Crippen LogP contribution in [0.5, 0.6) is 0 Å². The van der Waals surface area contributed by atoms with Crippen molar-refractivity contribution in [2.24, 2.45) is 0 Å². The number of ketones is 1. The van der Waals surface area contributed by atoms with E-state index in [0.29, 0.717) is 23.5 Å². The number of carbonyl (C=O) groups is 1. The number of allylic oxidation sites excluding steroid dienone is 1. The normalized spacial score (nSPS) is 11.1. The van der Waals surface area contributed by atoms with Gasteiger partial charge in [-0.3, -0.25) is 14.2 Å². The Morgan fingerprint density at radius 1 is 1.17 bits per heavy atom. The Hall–Kier alpha value is -2.48. The van der Waals surface area contributed by atoms with Crippen molar-refractivity contribution in [1.29, 1.82) is 0 Å². The predicted octanol–water partition coefficient (Wildman–Crippen LogP) is 6.13. The minimum absolute atomic E-state index is 0.0348. The van der Waals surface area contributed by atoms with Crippen molar-refractivity contribution in [3.8, 4) is 10.4 Å². The maximum absolute atomic E-state index is 13.3. The average Bonchev–Trinajstić information content (AvgIpc) is 3.44. The number of Topliss-reactive ketones (excluding diaryl/α,β-unsaturated/α-hetero) is 1. The van der Waals surface area contributed by atoms with E-state index in [1.54, 1.807) is 22.0 Å². The Bertz CT molecular complexity index is 1220. The van der Waals surface area contributed by atoms with Crippen LogP contribution < -0.4 is 5.56 Å². The maximum atomic E-state index is 13.3. The number of nitrogens with zero attached hydrogens (tertiary/aromatic N) is 2. The highest BCUT2D eigenvalue weighted by molar-refractivity contribution is 7.99. The van der Waals surface area contributed by atoms with Gasteiger partial charge in [-0.1, -0.05) is 54.2 Å². The summed E-state index contributed by atoms with van der Waals surface area (Å²) in [5.74, 6) is 0.860. The fourth-order valence-electron chi connectivity index (χ4n) is 3.18. The maximum Gasteiger partial charge on any atom is 0.263 e. The van der Waals surface area contributed by atoms with E-state index in [0.717, 1.165) is 33.0 Å². The molecule has 0 atom stereocenters. The van der Waals surface area contributed by atoms with Crippen molar-refractivity contribution in [3.63, 3.8) is 0 Å². The summed E-state index contributed by atoms with van der Waals surface area (Å²) in [4.78, 5) is 32.1. The van der Waals surface area contributed by atoms with Crippen LogP contribution in [0.3, 0.4) is 0 Å². The standard InChI is InChI=1S/C23H20N2O2S3/c1-2-12-25-22(27)20-17(19-11-7-13-28-19)15-30-21(20)24-23(25)29-14-6-10-18(26)16-8-4-3-5-9-16/h2-5,7-9,11,13,15H,1,6,10,12,14H2. The lowest BCUT2D eigenvalue weighted by molar-refractivity contribution is 0.0982. The molecule has 4 aromatic rings. The molecule has 0 unspecified atom stereocenters. The van der Waals surface area contributed by atoms with Crippen LogP contribution in [-0.4, -0.2) is 21.1 Å². The van der Waals surface area contributed by atoms with E-state index >= 15 is 0 Å². The topological polar surface area (TPSA) is 52.0 Å². The second-order valence-electron chi connectivity index (χ2n) is 6.65. The van der Waals surface area contributed by atoms with E-state index < -0.39 is 0 Å². The summed E-state index contributed by atoms with van der Waals surface area (Å²) < 4.78 is 1.68. The highest BCUT2D eigenvalue weighted by Crippen LogP contribution is 2.34. The summed E-state index contributed by atoms with van der Waals surface area (Å²) in [6.45, 7) is 4.20. The highest BCUT2D eigenvalue weighted by Gasteiger charge is 2.17. The van der Waals surface area contributed by atoms with E-state index in [4.69, 9.17) is 4.98 Å². The molecule has 4 rings (SSSR count). The number of hydrogen-bond donors (Lipinski definition) is 0. The smallest absolute Gasteiger partial charge is 0.263 e. The van der Waals surface area contributed by atoms with Crippen molar-refractivity contribution in [2.45, 2.75) is 24.5 Å². The Morgan fingerprint density at radius 3 is 2.73 bits per heavy atom. The van der Waals surface area contributed by atoms with Gasteiger partial charge in [-0.25, -0.2) is 4.98 Å². The van der Waals surface area contributed by atoms with Gasteiger partial charge in [-0.05, 0) is 17.9 Å². The second kappa shape index (κ2) is 9.55. The minimum Gasteiger partial charge on any atom is -0.294 e. The number of thiophene rings is 2. The van der Waals surface area contributed by atoms with E-state index in [-0.39, 0.29) is 11.3 Å². The third-order valence-electron chi connectivity index (χ3n) is 4.63. The molecule has 0 bridgehead atoms. The number of benzene rings is 1. The van der Waals surface area contributed by atoms with Crippen LogP contribution in [0, 0.1) is 0 Å². The Kier molecular flexibility index (Phi) is 6.62. The number of fused-ring (bicyclic) bond motifs is 1. The van der Waals surface area contributed by atoms with Gasteiger partial charge in [0.05, 0.1) is 5.39 Å². The lowest BCUT2D eigenvalue weighted by atomic mass is 10.1. The Morgan fingerprint density at radius 2 is 2.00 bits per heavy atom. The first-order valence-corrected chi connectivity index (χ1v) is 12.3. The van der Waals surface area contributed by atoms with Gasteiger partial charge in [0, 0.05) is 40.1 Å². The molecule has 0 spiro atoms. The summed E-state index contributed by atoms with van der Waals surface area (Å²) in [7, 11) is 0. The van der Waals surface area contributed by atoms with Crippen molar-refractivity contribution in [1.82, 2.24) is 9.55 Å². The van der Waals surface area contributed by atoms with Gasteiger partial charge in [0.15, 0.2) is 10.9 Å². The molecule has 0 radical (unpaired) electrons. The first-order chi connectivity index (χ1) is 14.7. The molecule has 0 fully saturated rings. The lowest BCUT2D eigenvalue weighted by Gasteiger charge is -2.10. The zero-order valence-corrected chi connectivity index (χ0v) is 18.7. The zero-order valence-electron chi connectivity index (χ0n) is 16.2. The molecule has 0 N–H and O–H groups in total. The van der Waals surface area contributed by atoms with Crippen molar-refractivity contribution in [3.05, 3.63) is 81.8 Å². The second-order valence-corrected chi connectivity index (χ2v) is 9.51. The van der Waals surface area contributed by atoms with Gasteiger partial charge in [-0.2, -0.15) is 0 Å². The molecule has 152 valence electrons. The van der Waals surface area contributed by atoms with Gasteiger partial charge in [0.1, 0.15) is 4.83 Å². The number of aromatic nitrogens is 2. The van der Waals surface area contributed by atoms with E-state index in [1.807, 2.05) is 53.2 Å². The van der Waals surface area contributed by atoms with Crippen molar-refractivity contribution >= 4 is 50.4 Å². The number of rotatable bonds is 9. The quantitative estimate of drug-likeness (QED) is 0.101. The van der Waals surface area contributed by atoms with Gasteiger partial charge >= 0.3 is 0 Å². The van der Waals surface area contributed by atoms with Gasteiger partial charge in [0.25, 0.3) is 5.56 Å². The minimum atomic E-state index is -0.0348. The SMILES string of the molecule is C=CCn1c(SCCCC(=O)c2ccccc2)nc2scc(-c3cccs3)c2c1=O. The molecular formula is C23H20N2O2S3. The van der Waals surface area contributed by atoms with Gasteiger partial charge in [-0.15, -0.1) is 29.3 Å². The van der Waals surface area contributed by atoms with Crippen LogP contribution in [0.1, 0.15) is 23.2 Å². The molecule has 0 aliphatic heterocycles. The number of thioether (sulfide) groups is 1. The molecule has 7 heteroatoms.